The molecule has 1 aromatic heterocycles. The van der Waals surface area contributed by atoms with Crippen LogP contribution in [-0.4, -0.2) is 49.1 Å². The third-order valence-corrected chi connectivity index (χ3v) is 4.39. The van der Waals surface area contributed by atoms with Crippen LogP contribution in [0.15, 0.2) is 47.6 Å². The smallest absolute Gasteiger partial charge is 0.193 e. The summed E-state index contributed by atoms with van der Waals surface area (Å²) in [4.78, 5) is 13.6. The minimum Gasteiger partial charge on any atom is -0.370 e. The van der Waals surface area contributed by atoms with Gasteiger partial charge in [-0.1, -0.05) is 17.7 Å². The van der Waals surface area contributed by atoms with Crippen molar-refractivity contribution in [1.29, 1.82) is 0 Å². The van der Waals surface area contributed by atoms with Crippen LogP contribution in [0.5, 0.6) is 0 Å². The molecule has 1 saturated heterocycles. The van der Waals surface area contributed by atoms with Crippen LogP contribution < -0.4 is 16.0 Å². The lowest BCUT2D eigenvalue weighted by Crippen LogP contribution is -2.44. The summed E-state index contributed by atoms with van der Waals surface area (Å²) < 4.78 is 0. The fraction of sp³-hybridized carbons (Fsp3) is 0.368. The van der Waals surface area contributed by atoms with Crippen molar-refractivity contribution < 1.29 is 0 Å². The third kappa shape index (κ3) is 4.93. The zero-order valence-corrected chi connectivity index (χ0v) is 14.9. The highest BCUT2D eigenvalue weighted by atomic mass is 15.3. The van der Waals surface area contributed by atoms with Crippen molar-refractivity contribution in [3.05, 3.63) is 53.7 Å². The van der Waals surface area contributed by atoms with E-state index in [1.54, 1.807) is 0 Å². The molecule has 132 valence electrons. The molecule has 1 fully saturated rings. The number of hydrogen-bond donors (Lipinski definition) is 2. The average Bonchev–Trinajstić information content (AvgIpc) is 2.63. The molecule has 1 aromatic carbocycles. The summed E-state index contributed by atoms with van der Waals surface area (Å²) in [5.41, 5.74) is 9.27. The molecule has 2 heterocycles. The number of piperazine rings is 1. The van der Waals surface area contributed by atoms with Gasteiger partial charge in [0.1, 0.15) is 5.82 Å². The van der Waals surface area contributed by atoms with Crippen molar-refractivity contribution in [2.24, 2.45) is 10.7 Å². The van der Waals surface area contributed by atoms with E-state index < -0.39 is 0 Å². The Bertz CT molecular complexity index is 717. The summed E-state index contributed by atoms with van der Waals surface area (Å²) in [5, 5.41) is 3.12. The van der Waals surface area contributed by atoms with Crippen molar-refractivity contribution in [3.8, 4) is 0 Å². The van der Waals surface area contributed by atoms with E-state index in [0.717, 1.165) is 43.2 Å². The van der Waals surface area contributed by atoms with Gasteiger partial charge < -0.3 is 20.9 Å². The Morgan fingerprint density at radius 1 is 1.16 bits per heavy atom. The van der Waals surface area contributed by atoms with Crippen molar-refractivity contribution in [2.75, 3.05) is 43.4 Å². The maximum Gasteiger partial charge on any atom is 0.193 e. The molecule has 0 atom stereocenters. The molecular weight excluding hydrogens is 312 g/mol. The van der Waals surface area contributed by atoms with Crippen LogP contribution in [0.1, 0.15) is 11.1 Å². The number of nitrogens with zero attached hydrogens (tertiary/aromatic N) is 4. The van der Waals surface area contributed by atoms with Crippen LogP contribution in [0, 0.1) is 6.92 Å². The highest BCUT2D eigenvalue weighted by Gasteiger charge is 2.15. The first kappa shape index (κ1) is 17.2. The maximum absolute atomic E-state index is 6.00. The number of aromatic nitrogens is 1. The summed E-state index contributed by atoms with van der Waals surface area (Å²) >= 11 is 0. The SMILES string of the molecule is Cc1ccc(NC(N)=NCc2ccnc(N3CCN(C)CC3)c2)cc1. The largest absolute Gasteiger partial charge is 0.370 e. The number of nitrogens with one attached hydrogen (secondary N) is 1. The average molecular weight is 338 g/mol. The Morgan fingerprint density at radius 3 is 2.60 bits per heavy atom. The minimum absolute atomic E-state index is 0.418. The first-order valence-corrected chi connectivity index (χ1v) is 8.62. The van der Waals surface area contributed by atoms with Crippen molar-refractivity contribution in [2.45, 2.75) is 13.5 Å². The fourth-order valence-corrected chi connectivity index (χ4v) is 2.77. The molecular formula is C19H26N6. The second-order valence-corrected chi connectivity index (χ2v) is 6.51. The lowest BCUT2D eigenvalue weighted by molar-refractivity contribution is 0.312. The highest BCUT2D eigenvalue weighted by molar-refractivity contribution is 5.92. The van der Waals surface area contributed by atoms with Gasteiger partial charge in [0.15, 0.2) is 5.96 Å². The van der Waals surface area contributed by atoms with E-state index in [4.69, 9.17) is 5.73 Å². The molecule has 0 saturated carbocycles. The van der Waals surface area contributed by atoms with E-state index in [9.17, 15) is 0 Å². The molecule has 0 aliphatic carbocycles. The van der Waals surface area contributed by atoms with Crippen molar-refractivity contribution in [3.63, 3.8) is 0 Å². The molecule has 0 amide bonds. The second kappa shape index (κ2) is 7.98. The Labute approximate surface area is 149 Å². The number of pyridine rings is 1. The van der Waals surface area contributed by atoms with Crippen LogP contribution >= 0.6 is 0 Å². The predicted octanol–water partition coefficient (Wildman–Crippen LogP) is 2.07. The number of benzene rings is 1. The van der Waals surface area contributed by atoms with Crippen LogP contribution in [0.2, 0.25) is 0 Å². The molecule has 25 heavy (non-hydrogen) atoms. The quantitative estimate of drug-likeness (QED) is 0.660. The lowest BCUT2D eigenvalue weighted by atomic mass is 10.2. The van der Waals surface area contributed by atoms with Crippen LogP contribution in [0.3, 0.4) is 0 Å². The Balaban J connectivity index is 1.60. The molecule has 0 spiro atoms. The fourth-order valence-electron chi connectivity index (χ4n) is 2.77. The van der Waals surface area contributed by atoms with E-state index in [0.29, 0.717) is 12.5 Å². The molecule has 0 unspecified atom stereocenters. The molecule has 6 nitrogen and oxygen atoms in total. The number of rotatable bonds is 4. The summed E-state index contributed by atoms with van der Waals surface area (Å²) in [7, 11) is 2.15. The number of nitrogens with two attached hydrogens (primary N) is 1. The van der Waals surface area contributed by atoms with Gasteiger partial charge in [0.25, 0.3) is 0 Å². The highest BCUT2D eigenvalue weighted by Crippen LogP contribution is 2.15. The molecule has 1 aliphatic heterocycles. The number of aliphatic imine (C=N–C) groups is 1. The predicted molar refractivity (Wildman–Crippen MR) is 104 cm³/mol. The van der Waals surface area contributed by atoms with Crippen LogP contribution in [-0.2, 0) is 6.54 Å². The summed E-state index contributed by atoms with van der Waals surface area (Å²) in [6.07, 6.45) is 1.85. The number of hydrogen-bond acceptors (Lipinski definition) is 4. The molecule has 1 aliphatic rings. The maximum atomic E-state index is 6.00. The Morgan fingerprint density at radius 2 is 1.88 bits per heavy atom. The van der Waals surface area contributed by atoms with E-state index >= 15 is 0 Å². The number of likely N-dealkylation sites (N-methyl/N-ethyl adjacent to an activating group) is 1. The topological polar surface area (TPSA) is 69.8 Å². The number of anilines is 2. The van der Waals surface area contributed by atoms with Crippen molar-refractivity contribution >= 4 is 17.5 Å². The molecule has 0 bridgehead atoms. The Kier molecular flexibility index (Phi) is 5.50. The first-order chi connectivity index (χ1) is 12.1. The van der Waals surface area contributed by atoms with Gasteiger partial charge in [-0.25, -0.2) is 9.98 Å². The second-order valence-electron chi connectivity index (χ2n) is 6.51. The van der Waals surface area contributed by atoms with Gasteiger partial charge in [-0.3, -0.25) is 0 Å². The normalized spacial score (nSPS) is 16.1. The van der Waals surface area contributed by atoms with Gasteiger partial charge in [-0.2, -0.15) is 0 Å². The van der Waals surface area contributed by atoms with E-state index in [-0.39, 0.29) is 0 Å². The molecule has 2 aromatic rings. The summed E-state index contributed by atoms with van der Waals surface area (Å²) in [6.45, 7) is 6.74. The summed E-state index contributed by atoms with van der Waals surface area (Å²) in [6, 6.07) is 12.2. The minimum atomic E-state index is 0.418. The molecule has 6 heteroatoms. The zero-order valence-electron chi connectivity index (χ0n) is 14.9. The Hall–Kier alpha value is -2.60. The van der Waals surface area contributed by atoms with Gasteiger partial charge in [0.2, 0.25) is 0 Å². The lowest BCUT2D eigenvalue weighted by Gasteiger charge is -2.33. The van der Waals surface area contributed by atoms with Gasteiger partial charge in [-0.05, 0) is 43.8 Å². The van der Waals surface area contributed by atoms with E-state index in [2.05, 4.69) is 45.1 Å². The number of guanidine groups is 1. The van der Waals surface area contributed by atoms with E-state index in [1.807, 2.05) is 36.5 Å². The third-order valence-electron chi connectivity index (χ3n) is 4.39. The van der Waals surface area contributed by atoms with Crippen LogP contribution in [0.25, 0.3) is 0 Å². The number of aryl methyl sites for hydroxylation is 1. The standard InChI is InChI=1S/C19H26N6/c1-15-3-5-17(6-4-15)23-19(20)22-14-16-7-8-21-18(13-16)25-11-9-24(2)10-12-25/h3-8,13H,9-12,14H2,1-2H3,(H3,20,22,23). The van der Waals surface area contributed by atoms with E-state index in [1.165, 1.54) is 5.56 Å². The zero-order chi connectivity index (χ0) is 17.6. The molecule has 3 N–H and O–H groups in total. The summed E-state index contributed by atoms with van der Waals surface area (Å²) in [5.74, 6) is 1.44. The van der Waals surface area contributed by atoms with Gasteiger partial charge in [0.05, 0.1) is 6.54 Å². The van der Waals surface area contributed by atoms with Gasteiger partial charge in [0, 0.05) is 38.1 Å². The van der Waals surface area contributed by atoms with Gasteiger partial charge in [-0.15, -0.1) is 0 Å². The first-order valence-electron chi connectivity index (χ1n) is 8.62. The molecule has 0 radical (unpaired) electrons. The van der Waals surface area contributed by atoms with Crippen LogP contribution in [0.4, 0.5) is 11.5 Å². The molecule has 3 rings (SSSR count). The monoisotopic (exact) mass is 338 g/mol. The van der Waals surface area contributed by atoms with Gasteiger partial charge >= 0.3 is 0 Å². The van der Waals surface area contributed by atoms with Crippen molar-refractivity contribution in [1.82, 2.24) is 9.88 Å².